The zero-order chi connectivity index (χ0) is 18.1. The number of rotatable bonds is 3. The van der Waals surface area contributed by atoms with Gasteiger partial charge < -0.3 is 14.1 Å². The summed E-state index contributed by atoms with van der Waals surface area (Å²) in [5, 5.41) is 0.160. The van der Waals surface area contributed by atoms with E-state index in [1.807, 2.05) is 33.8 Å². The zero-order valence-corrected chi connectivity index (χ0v) is 17.4. The van der Waals surface area contributed by atoms with Crippen molar-refractivity contribution >= 4 is 14.4 Å². The van der Waals surface area contributed by atoms with Gasteiger partial charge in [0, 0.05) is 19.0 Å². The lowest BCUT2D eigenvalue weighted by molar-refractivity contribution is 0.0272. The number of allylic oxidation sites excluding steroid dienone is 1. The van der Waals surface area contributed by atoms with Crippen LogP contribution >= 0.6 is 0 Å². The van der Waals surface area contributed by atoms with Crippen LogP contribution in [0.5, 0.6) is 0 Å². The summed E-state index contributed by atoms with van der Waals surface area (Å²) >= 11 is 0. The number of amides is 1. The molecule has 1 saturated heterocycles. The molecule has 1 aliphatic heterocycles. The number of hydrogen-bond acceptors (Lipinski definition) is 3. The molecule has 0 N–H and O–H groups in total. The lowest BCUT2D eigenvalue weighted by Crippen LogP contribution is -2.46. The Labute approximate surface area is 143 Å². The van der Waals surface area contributed by atoms with E-state index >= 15 is 0 Å². The first kappa shape index (κ1) is 20.2. The number of carbonyl (C=O) groups excluding carboxylic acids is 1. The first-order valence-corrected chi connectivity index (χ1v) is 11.5. The maximum Gasteiger partial charge on any atom is 0.410 e. The maximum atomic E-state index is 12.4. The van der Waals surface area contributed by atoms with Gasteiger partial charge in [0.25, 0.3) is 0 Å². The molecule has 1 fully saturated rings. The molecule has 0 aromatic carbocycles. The Morgan fingerprint density at radius 2 is 1.70 bits per heavy atom. The Morgan fingerprint density at radius 3 is 2.13 bits per heavy atom. The first-order chi connectivity index (χ1) is 10.3. The van der Waals surface area contributed by atoms with Crippen LogP contribution in [-0.2, 0) is 9.16 Å². The van der Waals surface area contributed by atoms with Gasteiger partial charge in [0.15, 0.2) is 8.32 Å². The third-order valence-corrected chi connectivity index (χ3v) is 9.16. The monoisotopic (exact) mass is 341 g/mol. The highest BCUT2D eigenvalue weighted by Gasteiger charge is 2.44. The van der Waals surface area contributed by atoms with Crippen molar-refractivity contribution in [2.75, 3.05) is 13.1 Å². The lowest BCUT2D eigenvalue weighted by atomic mass is 10.1. The van der Waals surface area contributed by atoms with Gasteiger partial charge in [0.2, 0.25) is 0 Å². The fraction of sp³-hybridized carbons (Fsp3) is 0.833. The molecular formula is C18H35NO3Si. The SMILES string of the molecule is C/C=C\[C@H]1CN(C(=O)OC(C)(C)C)CC1O[Si](C)(C)C(C)(C)C. The lowest BCUT2D eigenvalue weighted by Gasteiger charge is -2.39. The number of likely N-dealkylation sites (tertiary alicyclic amines) is 1. The highest BCUT2D eigenvalue weighted by Crippen LogP contribution is 2.39. The van der Waals surface area contributed by atoms with Crippen LogP contribution in [-0.4, -0.2) is 44.1 Å². The molecule has 0 aromatic rings. The van der Waals surface area contributed by atoms with Crippen LogP contribution in [0.3, 0.4) is 0 Å². The quantitative estimate of drug-likeness (QED) is 0.545. The smallest absolute Gasteiger partial charge is 0.410 e. The Balaban J connectivity index is 2.85. The Bertz CT molecular complexity index is 446. The molecule has 5 heteroatoms. The van der Waals surface area contributed by atoms with Crippen LogP contribution in [0.4, 0.5) is 4.79 Å². The van der Waals surface area contributed by atoms with Crippen LogP contribution in [0, 0.1) is 5.92 Å². The topological polar surface area (TPSA) is 38.8 Å². The summed E-state index contributed by atoms with van der Waals surface area (Å²) in [5.41, 5.74) is -0.467. The summed E-state index contributed by atoms with van der Waals surface area (Å²) < 4.78 is 12.1. The summed E-state index contributed by atoms with van der Waals surface area (Å²) in [7, 11) is -1.86. The van der Waals surface area contributed by atoms with E-state index in [2.05, 4.69) is 39.9 Å². The molecule has 0 radical (unpaired) electrons. The van der Waals surface area contributed by atoms with Crippen molar-refractivity contribution in [2.24, 2.45) is 5.92 Å². The van der Waals surface area contributed by atoms with E-state index in [9.17, 15) is 4.79 Å². The molecule has 1 aliphatic rings. The van der Waals surface area contributed by atoms with Crippen LogP contribution in [0.25, 0.3) is 0 Å². The van der Waals surface area contributed by atoms with Gasteiger partial charge in [-0.25, -0.2) is 4.79 Å². The molecule has 1 rings (SSSR count). The molecule has 1 amide bonds. The molecule has 23 heavy (non-hydrogen) atoms. The highest BCUT2D eigenvalue weighted by molar-refractivity contribution is 6.74. The van der Waals surface area contributed by atoms with Crippen molar-refractivity contribution in [2.45, 2.75) is 78.3 Å². The molecule has 0 bridgehead atoms. The molecule has 0 aromatic heterocycles. The molecule has 4 nitrogen and oxygen atoms in total. The van der Waals surface area contributed by atoms with Gasteiger partial charge in [-0.15, -0.1) is 0 Å². The van der Waals surface area contributed by atoms with E-state index in [0.29, 0.717) is 13.1 Å². The van der Waals surface area contributed by atoms with Gasteiger partial charge in [0.05, 0.1) is 6.10 Å². The predicted octanol–water partition coefficient (Wildman–Crippen LogP) is 4.82. The maximum absolute atomic E-state index is 12.4. The van der Waals surface area contributed by atoms with E-state index in [4.69, 9.17) is 9.16 Å². The summed E-state index contributed by atoms with van der Waals surface area (Å²) in [6.45, 7) is 20.2. The average Bonchev–Trinajstić information content (AvgIpc) is 2.69. The summed E-state index contributed by atoms with van der Waals surface area (Å²) in [4.78, 5) is 14.1. The van der Waals surface area contributed by atoms with Gasteiger partial charge in [0.1, 0.15) is 5.60 Å². The fourth-order valence-corrected chi connectivity index (χ4v) is 3.75. The van der Waals surface area contributed by atoms with Crippen molar-refractivity contribution in [1.82, 2.24) is 4.90 Å². The van der Waals surface area contributed by atoms with Crippen molar-refractivity contribution in [3.8, 4) is 0 Å². The second-order valence-electron chi connectivity index (χ2n) is 8.99. The number of carbonyl (C=O) groups is 1. The largest absolute Gasteiger partial charge is 0.444 e. The van der Waals surface area contributed by atoms with Crippen LogP contribution in [0.2, 0.25) is 18.1 Å². The van der Waals surface area contributed by atoms with Crippen molar-refractivity contribution < 1.29 is 14.0 Å². The minimum absolute atomic E-state index is 0.0552. The Kier molecular flexibility index (Phi) is 6.13. The summed E-state index contributed by atoms with van der Waals surface area (Å²) in [6, 6.07) is 0. The Hall–Kier alpha value is -0.813. The van der Waals surface area contributed by atoms with Gasteiger partial charge in [-0.05, 0) is 45.8 Å². The van der Waals surface area contributed by atoms with Crippen LogP contribution in [0.1, 0.15) is 48.5 Å². The van der Waals surface area contributed by atoms with E-state index in [1.165, 1.54) is 0 Å². The molecule has 1 unspecified atom stereocenters. The van der Waals surface area contributed by atoms with Gasteiger partial charge in [-0.1, -0.05) is 32.9 Å². The molecule has 1 heterocycles. The third kappa shape index (κ3) is 5.64. The summed E-state index contributed by atoms with van der Waals surface area (Å²) in [5.74, 6) is 0.238. The average molecular weight is 342 g/mol. The molecule has 0 aliphatic carbocycles. The Morgan fingerprint density at radius 1 is 1.13 bits per heavy atom. The van der Waals surface area contributed by atoms with Crippen LogP contribution in [0.15, 0.2) is 12.2 Å². The van der Waals surface area contributed by atoms with Gasteiger partial charge in [-0.3, -0.25) is 0 Å². The van der Waals surface area contributed by atoms with E-state index in [-0.39, 0.29) is 23.2 Å². The van der Waals surface area contributed by atoms with Gasteiger partial charge >= 0.3 is 6.09 Å². The normalized spacial score (nSPS) is 23.6. The second-order valence-corrected chi connectivity index (χ2v) is 13.7. The predicted molar refractivity (Wildman–Crippen MR) is 98.2 cm³/mol. The minimum atomic E-state index is -1.86. The number of ether oxygens (including phenoxy) is 1. The second kappa shape index (κ2) is 6.97. The number of hydrogen-bond donors (Lipinski definition) is 0. The molecule has 0 spiro atoms. The number of nitrogens with zero attached hydrogens (tertiary/aromatic N) is 1. The van der Waals surface area contributed by atoms with Crippen LogP contribution < -0.4 is 0 Å². The first-order valence-electron chi connectivity index (χ1n) is 8.55. The van der Waals surface area contributed by atoms with Crippen molar-refractivity contribution in [3.05, 3.63) is 12.2 Å². The van der Waals surface area contributed by atoms with E-state index in [0.717, 1.165) is 0 Å². The fourth-order valence-electron chi connectivity index (χ4n) is 2.39. The van der Waals surface area contributed by atoms with Gasteiger partial charge in [-0.2, -0.15) is 0 Å². The van der Waals surface area contributed by atoms with Crippen molar-refractivity contribution in [3.63, 3.8) is 0 Å². The van der Waals surface area contributed by atoms with Crippen molar-refractivity contribution in [1.29, 1.82) is 0 Å². The van der Waals surface area contributed by atoms with E-state index < -0.39 is 13.9 Å². The molecular weight excluding hydrogens is 306 g/mol. The molecule has 2 atom stereocenters. The van der Waals surface area contributed by atoms with E-state index in [1.54, 1.807) is 4.90 Å². The standard InChI is InChI=1S/C18H35NO3Si/c1-10-11-14-12-19(16(20)21-17(2,3)4)13-15(14)22-23(8,9)18(5,6)7/h10-11,14-15H,12-13H2,1-9H3/b11-10-/t14-,15?/m0/s1. The molecule has 0 saturated carbocycles. The minimum Gasteiger partial charge on any atom is -0.444 e. The zero-order valence-electron chi connectivity index (χ0n) is 16.4. The third-order valence-electron chi connectivity index (χ3n) is 4.65. The highest BCUT2D eigenvalue weighted by atomic mass is 28.4. The molecule has 134 valence electrons. The summed E-state index contributed by atoms with van der Waals surface area (Å²) in [6.07, 6.45) is 4.01.